The summed E-state index contributed by atoms with van der Waals surface area (Å²) in [5, 5.41) is 0. The van der Waals surface area contributed by atoms with Crippen LogP contribution in [0.2, 0.25) is 0 Å². The van der Waals surface area contributed by atoms with E-state index in [4.69, 9.17) is 9.87 Å². The van der Waals surface area contributed by atoms with Crippen LogP contribution in [0.25, 0.3) is 0 Å². The molecule has 3 heteroatoms. The molecule has 0 aliphatic rings. The number of hydrogen-bond acceptors (Lipinski definition) is 2. The summed E-state index contributed by atoms with van der Waals surface area (Å²) in [7, 11) is 4.57. The lowest BCUT2D eigenvalue weighted by Crippen LogP contribution is -2.00. The Balaban J connectivity index is 3.43. The number of rotatable bonds is 0. The van der Waals surface area contributed by atoms with Crippen molar-refractivity contribution in [2.75, 3.05) is 21.2 Å². The minimum Gasteiger partial charge on any atom is -0.319 e. The molecule has 0 fully saturated rings. The van der Waals surface area contributed by atoms with Crippen molar-refractivity contribution in [2.45, 2.75) is 0 Å². The number of nitrogens with zero attached hydrogens (tertiary/aromatic N) is 1. The zero-order chi connectivity index (χ0) is 5.86. The number of thiol groups is 1. The molecule has 0 amide bonds. The van der Waals surface area contributed by atoms with Gasteiger partial charge in [-0.25, -0.2) is 4.31 Å². The first-order valence-electron chi connectivity index (χ1n) is 1.94. The maximum Gasteiger partial charge on any atom is 0.0505 e. The Morgan fingerprint density at radius 3 is 2.00 bits per heavy atom. The van der Waals surface area contributed by atoms with Gasteiger partial charge in [0.15, 0.2) is 0 Å². The average molecular weight is 121 g/mol. The summed E-state index contributed by atoms with van der Waals surface area (Å²) in [5.41, 5.74) is 5.38. The second-order valence-corrected chi connectivity index (χ2v) is 3.10. The highest BCUT2D eigenvalue weighted by Gasteiger charge is 1.82. The summed E-state index contributed by atoms with van der Waals surface area (Å²) < 4.78 is 6.62. The maximum absolute atomic E-state index is 5.38. The van der Waals surface area contributed by atoms with Gasteiger partial charge in [0.05, 0.1) is 7.11 Å². The Morgan fingerprint density at radius 2 is 2.00 bits per heavy atom. The molecule has 0 heterocycles. The van der Waals surface area contributed by atoms with Crippen molar-refractivity contribution in [3.63, 3.8) is 0 Å². The van der Waals surface area contributed by atoms with Crippen molar-refractivity contribution in [1.82, 2.24) is 4.31 Å². The smallest absolute Gasteiger partial charge is 0.0505 e. The number of hydrogen-bond donors (Lipinski definition) is 1. The van der Waals surface area contributed by atoms with Crippen LogP contribution in [-0.4, -0.2) is 25.5 Å². The zero-order valence-corrected chi connectivity index (χ0v) is 5.77. The van der Waals surface area contributed by atoms with Gasteiger partial charge in [-0.1, -0.05) is 0 Å². The fourth-order valence-corrected chi connectivity index (χ4v) is 0.490. The first kappa shape index (κ1) is 7.05. The Bertz CT molecular complexity index is 102. The molecule has 0 saturated heterocycles. The summed E-state index contributed by atoms with van der Waals surface area (Å²) in [6.45, 7) is 0. The van der Waals surface area contributed by atoms with E-state index in [9.17, 15) is 0 Å². The summed E-state index contributed by atoms with van der Waals surface area (Å²) in [6.07, 6.45) is 0. The van der Waals surface area contributed by atoms with Gasteiger partial charge in [0.1, 0.15) is 0 Å². The molecule has 0 aromatic carbocycles. The molecule has 0 N–H and O–H groups in total. The molecule has 7 heavy (non-hydrogen) atoms. The molecule has 0 aromatic heterocycles. The van der Waals surface area contributed by atoms with Crippen LogP contribution in [0.15, 0.2) is 0 Å². The van der Waals surface area contributed by atoms with Gasteiger partial charge < -0.3 is 4.18 Å². The van der Waals surface area contributed by atoms with Crippen LogP contribution in [-0.2, 0) is 4.18 Å². The molecule has 0 spiro atoms. The third-order valence-corrected chi connectivity index (χ3v) is 1.74. The Labute approximate surface area is 47.0 Å². The van der Waals surface area contributed by atoms with Gasteiger partial charge in [-0.05, 0) is 24.9 Å². The highest BCUT2D eigenvalue weighted by atomic mass is 32.2. The molecule has 2 nitrogen and oxygen atoms in total. The second-order valence-electron chi connectivity index (χ2n) is 1.33. The van der Waals surface area contributed by atoms with Crippen LogP contribution in [0.5, 0.6) is 0 Å². The van der Waals surface area contributed by atoms with Crippen molar-refractivity contribution < 1.29 is 4.18 Å². The molecule has 44 valence electrons. The van der Waals surface area contributed by atoms with Crippen LogP contribution < -0.4 is 0 Å². The van der Waals surface area contributed by atoms with Gasteiger partial charge in [-0.3, -0.25) is 0 Å². The quantitative estimate of drug-likeness (QED) is 0.471. The van der Waals surface area contributed by atoms with E-state index in [2.05, 4.69) is 0 Å². The van der Waals surface area contributed by atoms with E-state index in [1.807, 2.05) is 18.4 Å². The molecule has 0 aliphatic carbocycles. The Morgan fingerprint density at radius 1 is 1.57 bits per heavy atom. The highest BCUT2D eigenvalue weighted by Crippen LogP contribution is 2.07. The molecule has 0 saturated carbocycles. The van der Waals surface area contributed by atoms with E-state index in [0.29, 0.717) is 0 Å². The Hall–Kier alpha value is 0.0500. The van der Waals surface area contributed by atoms with E-state index in [0.717, 1.165) is 0 Å². The van der Waals surface area contributed by atoms with E-state index in [1.54, 1.807) is 7.11 Å². The van der Waals surface area contributed by atoms with E-state index in [-0.39, 0.29) is 0 Å². The Kier molecular flexibility index (Phi) is 3.13. The maximum atomic E-state index is 5.38. The third-order valence-electron chi connectivity index (χ3n) is 0.581. The van der Waals surface area contributed by atoms with Crippen LogP contribution in [0.3, 0.4) is 0 Å². The van der Waals surface area contributed by atoms with Gasteiger partial charge in [0, 0.05) is 0 Å². The van der Waals surface area contributed by atoms with Crippen LogP contribution in [0, 0.1) is 5.69 Å². The van der Waals surface area contributed by atoms with Crippen LogP contribution >= 0.6 is 10.8 Å². The molecule has 0 bridgehead atoms. The van der Waals surface area contributed by atoms with Crippen molar-refractivity contribution in [3.05, 3.63) is 0 Å². The molecule has 0 aromatic rings. The van der Waals surface area contributed by atoms with Crippen LogP contribution in [0.4, 0.5) is 0 Å². The highest BCUT2D eigenvalue weighted by molar-refractivity contribution is 7.99. The first-order chi connectivity index (χ1) is 3.18. The zero-order valence-electron chi connectivity index (χ0n) is 4.88. The van der Waals surface area contributed by atoms with Crippen molar-refractivity contribution >= 4 is 10.8 Å². The summed E-state index contributed by atoms with van der Waals surface area (Å²) in [6, 6.07) is 0. The van der Waals surface area contributed by atoms with Crippen LogP contribution in [0.1, 0.15) is 0 Å². The van der Waals surface area contributed by atoms with Gasteiger partial charge in [0.25, 0.3) is 0 Å². The second kappa shape index (κ2) is 3.10. The molecule has 1 atom stereocenters. The molecule has 0 rings (SSSR count). The van der Waals surface area contributed by atoms with Gasteiger partial charge in [-0.15, -0.1) is 5.69 Å². The predicted octanol–water partition coefficient (Wildman–Crippen LogP) is 0.615. The fraction of sp³-hybridized carbons (Fsp3) is 0.750. The lowest BCUT2D eigenvalue weighted by molar-refractivity contribution is 0.454. The summed E-state index contributed by atoms with van der Waals surface area (Å²) in [5.74, 6) is 0. The molecule has 0 radical (unpaired) electrons. The minimum absolute atomic E-state index is 0.804. The van der Waals surface area contributed by atoms with Gasteiger partial charge in [-0.2, -0.15) is 0 Å². The standard InChI is InChI=1S/C4H11NOS/c1-5(2)7(4)6-3/h4,7H,1-3H3. The average Bonchev–Trinajstić information content (AvgIpc) is 1.65. The van der Waals surface area contributed by atoms with Gasteiger partial charge >= 0.3 is 0 Å². The first-order valence-corrected chi connectivity index (χ1v) is 3.22. The summed E-state index contributed by atoms with van der Waals surface area (Å²) >= 11 is 0. The molecular weight excluding hydrogens is 110 g/mol. The predicted molar refractivity (Wildman–Crippen MR) is 34.6 cm³/mol. The monoisotopic (exact) mass is 121 g/mol. The molecule has 0 aliphatic heterocycles. The van der Waals surface area contributed by atoms with Gasteiger partial charge in [0.2, 0.25) is 0 Å². The van der Waals surface area contributed by atoms with E-state index in [1.165, 1.54) is 0 Å². The van der Waals surface area contributed by atoms with E-state index < -0.39 is 10.8 Å². The minimum atomic E-state index is -0.804. The van der Waals surface area contributed by atoms with E-state index >= 15 is 0 Å². The topological polar surface area (TPSA) is 12.5 Å². The lowest BCUT2D eigenvalue weighted by Gasteiger charge is -2.09. The van der Waals surface area contributed by atoms with Crippen molar-refractivity contribution in [3.8, 4) is 5.69 Å². The fourth-order valence-electron chi connectivity index (χ4n) is 0.163. The largest absolute Gasteiger partial charge is 0.319 e. The van der Waals surface area contributed by atoms with Crippen molar-refractivity contribution in [2.24, 2.45) is 0 Å². The molecule has 1 unspecified atom stereocenters. The SMILES string of the molecule is C#[SH](OC)N(C)C. The normalized spacial score (nSPS) is 14.7. The summed E-state index contributed by atoms with van der Waals surface area (Å²) in [4.78, 5) is 0. The third kappa shape index (κ3) is 2.71. The molecular formula is C4H11NOS. The van der Waals surface area contributed by atoms with Crippen molar-refractivity contribution in [1.29, 1.82) is 0 Å². The lowest BCUT2D eigenvalue weighted by atomic mass is 11.3.